The van der Waals surface area contributed by atoms with Gasteiger partial charge in [-0.15, -0.1) is 0 Å². The Kier molecular flexibility index (Phi) is 5.39. The van der Waals surface area contributed by atoms with Gasteiger partial charge in [0.1, 0.15) is 12.4 Å². The zero-order valence-corrected chi connectivity index (χ0v) is 14.9. The summed E-state index contributed by atoms with van der Waals surface area (Å²) in [5, 5.41) is 2.96. The molecule has 1 aliphatic heterocycles. The highest BCUT2D eigenvalue weighted by Crippen LogP contribution is 2.26. The summed E-state index contributed by atoms with van der Waals surface area (Å²) >= 11 is 0. The minimum Gasteiger partial charge on any atom is -0.350 e. The maximum atomic E-state index is 12.2. The van der Waals surface area contributed by atoms with Crippen molar-refractivity contribution in [3.63, 3.8) is 0 Å². The fourth-order valence-electron chi connectivity index (χ4n) is 3.56. The van der Waals surface area contributed by atoms with Crippen LogP contribution in [0.5, 0.6) is 0 Å². The first-order valence-electron chi connectivity index (χ1n) is 8.67. The van der Waals surface area contributed by atoms with Gasteiger partial charge in [-0.05, 0) is 30.9 Å². The lowest BCUT2D eigenvalue weighted by molar-refractivity contribution is -0.120. The summed E-state index contributed by atoms with van der Waals surface area (Å²) in [6, 6.07) is 6.55. The van der Waals surface area contributed by atoms with Crippen molar-refractivity contribution in [3.05, 3.63) is 29.8 Å². The lowest BCUT2D eigenvalue weighted by Crippen LogP contribution is -2.46. The van der Waals surface area contributed by atoms with E-state index in [4.69, 9.17) is 5.73 Å². The quantitative estimate of drug-likeness (QED) is 0.715. The molecule has 1 heterocycles. The predicted octanol–water partition coefficient (Wildman–Crippen LogP) is 0.749. The van der Waals surface area contributed by atoms with E-state index in [1.165, 1.54) is 25.3 Å². The van der Waals surface area contributed by atoms with Crippen molar-refractivity contribution in [1.82, 2.24) is 10.0 Å². The molecule has 1 aromatic rings. The van der Waals surface area contributed by atoms with Gasteiger partial charge < -0.3 is 11.1 Å². The first-order valence-corrected chi connectivity index (χ1v) is 10.2. The van der Waals surface area contributed by atoms with Crippen LogP contribution in [0, 0.1) is 5.92 Å². The SMILES string of the molecule is NCC(NC(=O)CN=C1NS(=O)(=O)c2ccccc21)C1CCCCC1. The molecule has 1 unspecified atom stereocenters. The average molecular weight is 364 g/mol. The Bertz CT molecular complexity index is 770. The van der Waals surface area contributed by atoms with Gasteiger partial charge in [-0.25, -0.2) is 8.42 Å². The van der Waals surface area contributed by atoms with Crippen LogP contribution in [-0.2, 0) is 14.8 Å². The predicted molar refractivity (Wildman–Crippen MR) is 95.7 cm³/mol. The highest BCUT2D eigenvalue weighted by atomic mass is 32.2. The molecule has 4 N–H and O–H groups in total. The van der Waals surface area contributed by atoms with Crippen LogP contribution in [0.15, 0.2) is 34.2 Å². The number of amidine groups is 1. The second-order valence-electron chi connectivity index (χ2n) is 6.57. The number of nitrogens with two attached hydrogens (primary N) is 1. The van der Waals surface area contributed by atoms with E-state index in [0.29, 0.717) is 18.0 Å². The number of nitrogens with zero attached hydrogens (tertiary/aromatic N) is 1. The molecule has 7 nitrogen and oxygen atoms in total. The van der Waals surface area contributed by atoms with Crippen LogP contribution in [0.25, 0.3) is 0 Å². The van der Waals surface area contributed by atoms with E-state index in [9.17, 15) is 13.2 Å². The Hall–Kier alpha value is -1.93. The van der Waals surface area contributed by atoms with Gasteiger partial charge in [0.25, 0.3) is 10.0 Å². The van der Waals surface area contributed by atoms with Crippen molar-refractivity contribution < 1.29 is 13.2 Å². The van der Waals surface area contributed by atoms with Gasteiger partial charge in [-0.1, -0.05) is 31.4 Å². The Balaban J connectivity index is 1.65. The average Bonchev–Trinajstić information content (AvgIpc) is 2.89. The molecule has 0 aromatic heterocycles. The Morgan fingerprint density at radius 2 is 2.00 bits per heavy atom. The normalized spacial score (nSPS) is 22.2. The van der Waals surface area contributed by atoms with Crippen molar-refractivity contribution in [1.29, 1.82) is 0 Å². The number of aliphatic imine (C=N–C) groups is 1. The molecule has 1 atom stereocenters. The number of carbonyl (C=O) groups is 1. The van der Waals surface area contributed by atoms with Gasteiger partial charge in [-0.3, -0.25) is 14.5 Å². The number of nitrogens with one attached hydrogen (secondary N) is 2. The summed E-state index contributed by atoms with van der Waals surface area (Å²) in [5.41, 5.74) is 6.32. The van der Waals surface area contributed by atoms with E-state index in [1.807, 2.05) is 0 Å². The summed E-state index contributed by atoms with van der Waals surface area (Å²) in [4.78, 5) is 16.6. The molecule has 136 valence electrons. The van der Waals surface area contributed by atoms with Gasteiger partial charge in [0.2, 0.25) is 5.91 Å². The summed E-state index contributed by atoms with van der Waals surface area (Å²) in [5.74, 6) is 0.394. The smallest absolute Gasteiger partial charge is 0.263 e. The topological polar surface area (TPSA) is 114 Å². The fraction of sp³-hybridized carbons (Fsp3) is 0.529. The van der Waals surface area contributed by atoms with Crippen molar-refractivity contribution in [2.24, 2.45) is 16.6 Å². The minimum atomic E-state index is -3.58. The lowest BCUT2D eigenvalue weighted by atomic mass is 9.84. The van der Waals surface area contributed by atoms with E-state index in [1.54, 1.807) is 18.2 Å². The van der Waals surface area contributed by atoms with E-state index >= 15 is 0 Å². The standard InChI is InChI=1S/C17H24N4O3S/c18-10-14(12-6-2-1-3-7-12)20-16(22)11-19-17-13-8-4-5-9-15(13)25(23,24)21-17/h4-5,8-9,12,14H,1-3,6-7,10-11,18H2,(H,19,21)(H,20,22). The van der Waals surface area contributed by atoms with Gasteiger partial charge in [0.05, 0.1) is 4.90 Å². The van der Waals surface area contributed by atoms with Crippen molar-refractivity contribution in [2.45, 2.75) is 43.0 Å². The summed E-state index contributed by atoms with van der Waals surface area (Å²) < 4.78 is 26.5. The molecule has 0 spiro atoms. The molecule has 8 heteroatoms. The molecular formula is C17H24N4O3S. The van der Waals surface area contributed by atoms with Crippen LogP contribution in [-0.4, -0.2) is 39.3 Å². The van der Waals surface area contributed by atoms with Crippen LogP contribution in [0.1, 0.15) is 37.7 Å². The molecular weight excluding hydrogens is 340 g/mol. The third-order valence-corrected chi connectivity index (χ3v) is 6.26. The number of benzene rings is 1. The number of sulfonamides is 1. The van der Waals surface area contributed by atoms with Crippen molar-refractivity contribution in [2.75, 3.05) is 13.1 Å². The third-order valence-electron chi connectivity index (χ3n) is 4.86. The number of amides is 1. The van der Waals surface area contributed by atoms with E-state index < -0.39 is 10.0 Å². The van der Waals surface area contributed by atoms with Gasteiger partial charge in [0.15, 0.2) is 0 Å². The molecule has 1 aliphatic carbocycles. The first kappa shape index (κ1) is 17.9. The lowest BCUT2D eigenvalue weighted by Gasteiger charge is -2.29. The zero-order chi connectivity index (χ0) is 17.9. The van der Waals surface area contributed by atoms with Crippen LogP contribution in [0.2, 0.25) is 0 Å². The number of carbonyl (C=O) groups excluding carboxylic acids is 1. The van der Waals surface area contributed by atoms with Crippen LogP contribution < -0.4 is 15.8 Å². The Labute approximate surface area is 148 Å². The first-order chi connectivity index (χ1) is 12.0. The van der Waals surface area contributed by atoms with Crippen LogP contribution in [0.4, 0.5) is 0 Å². The van der Waals surface area contributed by atoms with E-state index in [2.05, 4.69) is 15.0 Å². The zero-order valence-electron chi connectivity index (χ0n) is 14.1. The maximum absolute atomic E-state index is 12.2. The summed E-state index contributed by atoms with van der Waals surface area (Å²) in [7, 11) is -3.58. The highest BCUT2D eigenvalue weighted by molar-refractivity contribution is 7.90. The van der Waals surface area contributed by atoms with Gasteiger partial charge in [0, 0.05) is 18.2 Å². The fourth-order valence-corrected chi connectivity index (χ4v) is 4.81. The largest absolute Gasteiger partial charge is 0.350 e. The number of rotatable bonds is 5. The highest BCUT2D eigenvalue weighted by Gasteiger charge is 2.30. The molecule has 0 saturated heterocycles. The third kappa shape index (κ3) is 4.01. The molecule has 0 bridgehead atoms. The monoisotopic (exact) mass is 364 g/mol. The summed E-state index contributed by atoms with van der Waals surface area (Å²) in [6.45, 7) is 0.276. The van der Waals surface area contributed by atoms with E-state index in [-0.39, 0.29) is 29.2 Å². The number of hydrogen-bond acceptors (Lipinski definition) is 5. The Morgan fingerprint density at radius 3 is 2.72 bits per heavy atom. The molecule has 3 rings (SSSR count). The molecule has 2 aliphatic rings. The molecule has 0 radical (unpaired) electrons. The van der Waals surface area contributed by atoms with Crippen LogP contribution in [0.3, 0.4) is 0 Å². The number of fused-ring (bicyclic) bond motifs is 1. The van der Waals surface area contributed by atoms with Crippen LogP contribution >= 0.6 is 0 Å². The summed E-state index contributed by atoms with van der Waals surface area (Å²) in [6.07, 6.45) is 5.78. The second kappa shape index (κ2) is 7.53. The van der Waals surface area contributed by atoms with Gasteiger partial charge in [-0.2, -0.15) is 0 Å². The molecule has 25 heavy (non-hydrogen) atoms. The van der Waals surface area contributed by atoms with Gasteiger partial charge >= 0.3 is 0 Å². The molecule has 1 saturated carbocycles. The minimum absolute atomic E-state index is 0.0412. The number of hydrogen-bond donors (Lipinski definition) is 3. The Morgan fingerprint density at radius 1 is 1.28 bits per heavy atom. The van der Waals surface area contributed by atoms with Crippen molar-refractivity contribution >= 4 is 21.8 Å². The van der Waals surface area contributed by atoms with E-state index in [0.717, 1.165) is 12.8 Å². The molecule has 1 fully saturated rings. The maximum Gasteiger partial charge on any atom is 0.263 e. The second-order valence-corrected chi connectivity index (χ2v) is 8.23. The van der Waals surface area contributed by atoms with Crippen molar-refractivity contribution in [3.8, 4) is 0 Å². The molecule has 1 aromatic carbocycles. The molecule has 1 amide bonds.